The lowest BCUT2D eigenvalue weighted by molar-refractivity contribution is -0.475. The molecule has 0 atom stereocenters. The van der Waals surface area contributed by atoms with Crippen molar-refractivity contribution in [2.75, 3.05) is 5.32 Å². The van der Waals surface area contributed by atoms with Crippen LogP contribution in [0.15, 0.2) is 24.3 Å². The van der Waals surface area contributed by atoms with Gasteiger partial charge in [-0.3, -0.25) is 10.1 Å². The number of alkyl halides is 11. The molecule has 1 fully saturated rings. The fraction of sp³-hybridized carbons (Fsp3) is 0.429. The fourth-order valence-corrected chi connectivity index (χ4v) is 2.71. The number of hydrogen-bond acceptors (Lipinski definition) is 2. The van der Waals surface area contributed by atoms with Crippen molar-refractivity contribution in [1.82, 2.24) is 9.97 Å². The van der Waals surface area contributed by atoms with Crippen LogP contribution < -0.4 is 5.32 Å². The molecule has 0 bridgehead atoms. The minimum absolute atomic E-state index is 0.0139. The first kappa shape index (κ1) is 21.1. The number of carbonyl (C=O) groups excluding carboxylic acids is 1. The maximum Gasteiger partial charge on any atom is 0.384 e. The maximum absolute atomic E-state index is 14.6. The number of halogens is 11. The molecule has 2 N–H and O–H groups in total. The number of anilines is 1. The van der Waals surface area contributed by atoms with E-state index in [1.165, 1.54) is 24.3 Å². The van der Waals surface area contributed by atoms with E-state index in [0.717, 1.165) is 5.32 Å². The largest absolute Gasteiger partial charge is 0.384 e. The molecule has 1 amide bonds. The summed E-state index contributed by atoms with van der Waals surface area (Å²) in [6.45, 7) is 0. The molecule has 3 rings (SSSR count). The quantitative estimate of drug-likeness (QED) is 0.680. The Morgan fingerprint density at radius 3 is 1.69 bits per heavy atom. The highest BCUT2D eigenvalue weighted by atomic mass is 19.4. The van der Waals surface area contributed by atoms with Gasteiger partial charge >= 0.3 is 35.3 Å². The Morgan fingerprint density at radius 1 is 0.759 bits per heavy atom. The van der Waals surface area contributed by atoms with Gasteiger partial charge in [0.1, 0.15) is 0 Å². The Labute approximate surface area is 152 Å². The van der Waals surface area contributed by atoms with E-state index in [-0.39, 0.29) is 11.0 Å². The van der Waals surface area contributed by atoms with Crippen LogP contribution in [0.2, 0.25) is 0 Å². The number of H-pyrrole nitrogens is 1. The molecule has 0 unspecified atom stereocenters. The van der Waals surface area contributed by atoms with E-state index in [1.807, 2.05) is 0 Å². The number of benzene rings is 1. The third-order valence-electron chi connectivity index (χ3n) is 4.38. The second kappa shape index (κ2) is 5.50. The molecule has 0 radical (unpaired) electrons. The average molecular weight is 441 g/mol. The SMILES string of the molecule is O=C(Nc1nc2ccccc2[nH]1)C1(F)C(F)(F)C(F)(F)C(F)(F)C(F)(F)C1(F)F. The summed E-state index contributed by atoms with van der Waals surface area (Å²) < 4.78 is 150. The van der Waals surface area contributed by atoms with Gasteiger partial charge < -0.3 is 4.98 Å². The van der Waals surface area contributed by atoms with E-state index in [4.69, 9.17) is 0 Å². The lowest BCUT2D eigenvalue weighted by Crippen LogP contribution is -2.86. The van der Waals surface area contributed by atoms with Gasteiger partial charge in [0.15, 0.2) is 0 Å². The molecule has 15 heteroatoms. The first-order chi connectivity index (χ1) is 13.0. The van der Waals surface area contributed by atoms with Crippen molar-refractivity contribution >= 4 is 22.9 Å². The molecular weight excluding hydrogens is 435 g/mol. The Balaban J connectivity index is 2.14. The maximum atomic E-state index is 14.6. The van der Waals surface area contributed by atoms with E-state index in [0.29, 0.717) is 0 Å². The normalized spacial score (nSPS) is 25.5. The minimum Gasteiger partial charge on any atom is -0.324 e. The lowest BCUT2D eigenvalue weighted by atomic mass is 9.71. The molecule has 160 valence electrons. The van der Waals surface area contributed by atoms with Gasteiger partial charge in [0.25, 0.3) is 5.91 Å². The number of aromatic nitrogens is 2. The van der Waals surface area contributed by atoms with Gasteiger partial charge in [0, 0.05) is 0 Å². The summed E-state index contributed by atoms with van der Waals surface area (Å²) in [5.41, 5.74) is -6.81. The zero-order valence-corrected chi connectivity index (χ0v) is 13.3. The van der Waals surface area contributed by atoms with Crippen LogP contribution in [0.5, 0.6) is 0 Å². The summed E-state index contributed by atoms with van der Waals surface area (Å²) in [7, 11) is 0. The molecule has 1 saturated carbocycles. The van der Waals surface area contributed by atoms with Gasteiger partial charge in [-0.1, -0.05) is 12.1 Å². The molecule has 1 aromatic carbocycles. The zero-order chi connectivity index (χ0) is 22.3. The lowest BCUT2D eigenvalue weighted by Gasteiger charge is -2.51. The summed E-state index contributed by atoms with van der Waals surface area (Å²) in [5.74, 6) is -41.1. The van der Waals surface area contributed by atoms with Gasteiger partial charge in [-0.05, 0) is 12.1 Å². The van der Waals surface area contributed by atoms with Crippen molar-refractivity contribution in [3.8, 4) is 0 Å². The number of nitrogens with zero attached hydrogens (tertiary/aromatic N) is 1. The van der Waals surface area contributed by atoms with Gasteiger partial charge in [0.05, 0.1) is 11.0 Å². The fourth-order valence-electron chi connectivity index (χ4n) is 2.71. The van der Waals surface area contributed by atoms with Crippen LogP contribution in [-0.2, 0) is 4.79 Å². The summed E-state index contributed by atoms with van der Waals surface area (Å²) in [6, 6.07) is 5.20. The smallest absolute Gasteiger partial charge is 0.324 e. The van der Waals surface area contributed by atoms with E-state index < -0.39 is 47.1 Å². The molecule has 29 heavy (non-hydrogen) atoms. The number of nitrogens with one attached hydrogen (secondary N) is 2. The van der Waals surface area contributed by atoms with Crippen molar-refractivity contribution in [3.05, 3.63) is 24.3 Å². The Bertz CT molecular complexity index is 921. The van der Waals surface area contributed by atoms with E-state index in [9.17, 15) is 53.1 Å². The standard InChI is InChI=1S/C14H6F11N3O/c15-9(7(29)28-8-26-5-3-1-2-4-6(5)27-8)10(16,17)12(20,21)14(24,25)13(22,23)11(9,18)19/h1-4H,(H2,26,27,28,29). The minimum atomic E-state index is -7.39. The highest BCUT2D eigenvalue weighted by Crippen LogP contribution is 2.69. The molecule has 4 nitrogen and oxygen atoms in total. The molecular formula is C14H6F11N3O. The van der Waals surface area contributed by atoms with Gasteiger partial charge in [0.2, 0.25) is 5.95 Å². The Kier molecular flexibility index (Phi) is 4.01. The zero-order valence-electron chi connectivity index (χ0n) is 13.3. The number of para-hydroxylation sites is 2. The number of fused-ring (bicyclic) bond motifs is 1. The summed E-state index contributed by atoms with van der Waals surface area (Å²) in [6.07, 6.45) is 0. The van der Waals surface area contributed by atoms with Crippen LogP contribution in [-0.4, -0.2) is 51.2 Å². The first-order valence-corrected chi connectivity index (χ1v) is 7.31. The number of aromatic amines is 1. The third-order valence-corrected chi connectivity index (χ3v) is 4.38. The van der Waals surface area contributed by atoms with Gasteiger partial charge in [-0.2, -0.15) is 43.9 Å². The van der Waals surface area contributed by atoms with Crippen molar-refractivity contribution in [2.45, 2.75) is 35.3 Å². The molecule has 1 aliphatic rings. The summed E-state index contributed by atoms with van der Waals surface area (Å²) >= 11 is 0. The van der Waals surface area contributed by atoms with E-state index in [2.05, 4.69) is 9.97 Å². The molecule has 1 aliphatic carbocycles. The molecule has 1 aromatic heterocycles. The van der Waals surface area contributed by atoms with Crippen LogP contribution in [0.1, 0.15) is 0 Å². The highest BCUT2D eigenvalue weighted by Gasteiger charge is 3.02. The molecule has 0 saturated heterocycles. The summed E-state index contributed by atoms with van der Waals surface area (Å²) in [5, 5.41) is 0.904. The van der Waals surface area contributed by atoms with E-state index in [1.54, 1.807) is 0 Å². The first-order valence-electron chi connectivity index (χ1n) is 7.31. The average Bonchev–Trinajstić information content (AvgIpc) is 3.01. The van der Waals surface area contributed by atoms with Crippen molar-refractivity contribution in [3.63, 3.8) is 0 Å². The molecule has 0 spiro atoms. The Hall–Kier alpha value is -2.61. The number of hydrogen-bond donors (Lipinski definition) is 2. The van der Waals surface area contributed by atoms with E-state index >= 15 is 0 Å². The van der Waals surface area contributed by atoms with Crippen LogP contribution >= 0.6 is 0 Å². The summed E-state index contributed by atoms with van der Waals surface area (Å²) in [4.78, 5) is 17.2. The second-order valence-electron chi connectivity index (χ2n) is 6.09. The van der Waals surface area contributed by atoms with Crippen LogP contribution in [0.4, 0.5) is 54.2 Å². The van der Waals surface area contributed by atoms with Crippen LogP contribution in [0.25, 0.3) is 11.0 Å². The van der Waals surface area contributed by atoms with Crippen molar-refractivity contribution in [2.24, 2.45) is 0 Å². The van der Waals surface area contributed by atoms with Crippen molar-refractivity contribution < 1.29 is 53.1 Å². The topological polar surface area (TPSA) is 57.8 Å². The third kappa shape index (κ3) is 2.15. The molecule has 2 aromatic rings. The Morgan fingerprint density at radius 2 is 1.21 bits per heavy atom. The number of amides is 1. The number of carbonyl (C=O) groups is 1. The van der Waals surface area contributed by atoms with Crippen LogP contribution in [0.3, 0.4) is 0 Å². The highest BCUT2D eigenvalue weighted by molar-refractivity contribution is 5.99. The predicted molar refractivity (Wildman–Crippen MR) is 73.3 cm³/mol. The molecule has 0 aliphatic heterocycles. The molecule has 1 heterocycles. The number of rotatable bonds is 2. The predicted octanol–water partition coefficient (Wildman–Crippen LogP) is 4.40. The monoisotopic (exact) mass is 441 g/mol. The second-order valence-corrected chi connectivity index (χ2v) is 6.09. The van der Waals surface area contributed by atoms with Gasteiger partial charge in [-0.15, -0.1) is 0 Å². The van der Waals surface area contributed by atoms with Crippen LogP contribution in [0, 0.1) is 0 Å². The van der Waals surface area contributed by atoms with Gasteiger partial charge in [-0.25, -0.2) is 9.37 Å². The van der Waals surface area contributed by atoms with Crippen molar-refractivity contribution in [1.29, 1.82) is 0 Å². The number of imidazole rings is 1.